The molecule has 5 heteroatoms. The number of nitrogens with two attached hydrogens (primary N) is 1. The van der Waals surface area contributed by atoms with Gasteiger partial charge in [-0.1, -0.05) is 0 Å². The molecule has 1 aromatic rings. The van der Waals surface area contributed by atoms with Crippen molar-refractivity contribution in [3.63, 3.8) is 0 Å². The fraction of sp³-hybridized carbons (Fsp3) is 0.400. The normalized spacial score (nSPS) is 25.7. The average molecular weight is 228 g/mol. The van der Waals surface area contributed by atoms with Crippen molar-refractivity contribution in [2.45, 2.75) is 16.2 Å². The van der Waals surface area contributed by atoms with Crippen molar-refractivity contribution >= 4 is 17.4 Å². The smallest absolute Gasteiger partial charge is 0.125 e. The lowest BCUT2D eigenvalue weighted by molar-refractivity contribution is 0.201. The molecule has 1 heterocycles. The number of hydrogen-bond acceptors (Lipinski definition) is 4. The van der Waals surface area contributed by atoms with Crippen LogP contribution < -0.4 is 11.1 Å². The predicted octanol–water partition coefficient (Wildman–Crippen LogP) is 0.833. The summed E-state index contributed by atoms with van der Waals surface area (Å²) in [4.78, 5) is 0.823. The van der Waals surface area contributed by atoms with Crippen LogP contribution >= 0.6 is 11.8 Å². The third-order valence-electron chi connectivity index (χ3n) is 2.38. The molecule has 0 bridgehead atoms. The Hall–Kier alpha value is -0.780. The van der Waals surface area contributed by atoms with Gasteiger partial charge in [0, 0.05) is 28.9 Å². The number of rotatable bonds is 2. The molecule has 0 radical (unpaired) electrons. The number of β-amino-alcohol motifs (C(OH)–C–C–N with tert-alkyl or cyclic N) is 1. The molecule has 2 unspecified atom stereocenters. The summed E-state index contributed by atoms with van der Waals surface area (Å²) < 4.78 is 12.8. The van der Waals surface area contributed by atoms with E-state index in [9.17, 15) is 9.50 Å². The fourth-order valence-corrected chi connectivity index (χ4v) is 2.67. The molecule has 0 amide bonds. The van der Waals surface area contributed by atoms with E-state index in [1.165, 1.54) is 23.9 Å². The number of thioether (sulfide) groups is 1. The van der Waals surface area contributed by atoms with Gasteiger partial charge >= 0.3 is 0 Å². The molecule has 0 spiro atoms. The van der Waals surface area contributed by atoms with Crippen LogP contribution in [0.3, 0.4) is 0 Å². The van der Waals surface area contributed by atoms with Gasteiger partial charge in [0.1, 0.15) is 5.82 Å². The SMILES string of the molecule is Nc1cc(F)ccc1SC1CNCC1O. The summed E-state index contributed by atoms with van der Waals surface area (Å²) in [5, 5.41) is 12.8. The first-order valence-electron chi connectivity index (χ1n) is 4.77. The van der Waals surface area contributed by atoms with Crippen LogP contribution in [0.5, 0.6) is 0 Å². The first-order valence-corrected chi connectivity index (χ1v) is 5.65. The van der Waals surface area contributed by atoms with Crippen LogP contribution in [0.1, 0.15) is 0 Å². The Morgan fingerprint density at radius 2 is 2.27 bits per heavy atom. The van der Waals surface area contributed by atoms with Crippen LogP contribution in [-0.2, 0) is 0 Å². The molecule has 2 rings (SSSR count). The number of aliphatic hydroxyl groups excluding tert-OH is 1. The highest BCUT2D eigenvalue weighted by molar-refractivity contribution is 8.00. The van der Waals surface area contributed by atoms with Gasteiger partial charge in [-0.2, -0.15) is 0 Å². The molecule has 3 nitrogen and oxygen atoms in total. The van der Waals surface area contributed by atoms with E-state index in [0.29, 0.717) is 12.2 Å². The summed E-state index contributed by atoms with van der Waals surface area (Å²) >= 11 is 1.49. The molecule has 0 saturated carbocycles. The predicted molar refractivity (Wildman–Crippen MR) is 59.3 cm³/mol. The quantitative estimate of drug-likeness (QED) is 0.656. The van der Waals surface area contributed by atoms with Crippen molar-refractivity contribution in [3.05, 3.63) is 24.0 Å². The number of benzene rings is 1. The Bertz CT molecular complexity index is 361. The highest BCUT2D eigenvalue weighted by atomic mass is 32.2. The maximum absolute atomic E-state index is 12.8. The van der Waals surface area contributed by atoms with E-state index < -0.39 is 0 Å². The zero-order valence-corrected chi connectivity index (χ0v) is 8.93. The maximum atomic E-state index is 12.8. The second-order valence-electron chi connectivity index (χ2n) is 3.56. The Kier molecular flexibility index (Phi) is 3.14. The number of anilines is 1. The molecule has 2 atom stereocenters. The summed E-state index contributed by atoms with van der Waals surface area (Å²) in [6.45, 7) is 1.36. The van der Waals surface area contributed by atoms with E-state index in [1.54, 1.807) is 6.07 Å². The number of hydrogen-bond donors (Lipinski definition) is 3. The third kappa shape index (κ3) is 2.42. The van der Waals surface area contributed by atoms with Crippen molar-refractivity contribution in [3.8, 4) is 0 Å². The second kappa shape index (κ2) is 4.38. The van der Waals surface area contributed by atoms with E-state index in [-0.39, 0.29) is 17.2 Å². The first-order chi connectivity index (χ1) is 7.16. The molecule has 1 aliphatic heterocycles. The molecule has 1 saturated heterocycles. The first kappa shape index (κ1) is 10.7. The molecule has 1 aliphatic rings. The highest BCUT2D eigenvalue weighted by Gasteiger charge is 2.26. The Morgan fingerprint density at radius 3 is 2.87 bits per heavy atom. The summed E-state index contributed by atoms with van der Waals surface area (Å²) in [5.41, 5.74) is 6.11. The second-order valence-corrected chi connectivity index (χ2v) is 4.85. The lowest BCUT2D eigenvalue weighted by Gasteiger charge is -2.13. The van der Waals surface area contributed by atoms with E-state index in [0.717, 1.165) is 11.4 Å². The average Bonchev–Trinajstić information content (AvgIpc) is 2.57. The van der Waals surface area contributed by atoms with E-state index in [4.69, 9.17) is 5.73 Å². The van der Waals surface area contributed by atoms with Gasteiger partial charge in [0.05, 0.1) is 6.10 Å². The summed E-state index contributed by atoms with van der Waals surface area (Å²) in [5.74, 6) is -0.332. The lowest BCUT2D eigenvalue weighted by Crippen LogP contribution is -2.20. The van der Waals surface area contributed by atoms with E-state index in [1.807, 2.05) is 0 Å². The van der Waals surface area contributed by atoms with Crippen LogP contribution in [0.4, 0.5) is 10.1 Å². The number of aliphatic hydroxyl groups is 1. The van der Waals surface area contributed by atoms with Crippen molar-refractivity contribution in [2.24, 2.45) is 0 Å². The topological polar surface area (TPSA) is 58.3 Å². The molecular formula is C10H13FN2OS. The minimum atomic E-state index is -0.362. The van der Waals surface area contributed by atoms with Gasteiger partial charge in [-0.05, 0) is 18.2 Å². The van der Waals surface area contributed by atoms with Crippen LogP contribution in [0, 0.1) is 5.82 Å². The standard InChI is InChI=1S/C10H13FN2OS/c11-6-1-2-9(7(12)3-6)15-10-5-13-4-8(10)14/h1-3,8,10,13-14H,4-5,12H2. The molecule has 4 N–H and O–H groups in total. The van der Waals surface area contributed by atoms with Crippen molar-refractivity contribution < 1.29 is 9.50 Å². The lowest BCUT2D eigenvalue weighted by atomic mass is 10.3. The van der Waals surface area contributed by atoms with Crippen LogP contribution in [0.2, 0.25) is 0 Å². The number of nitrogen functional groups attached to an aromatic ring is 1. The van der Waals surface area contributed by atoms with Crippen molar-refractivity contribution in [1.29, 1.82) is 0 Å². The van der Waals surface area contributed by atoms with Gasteiger partial charge in [-0.25, -0.2) is 4.39 Å². The fourth-order valence-electron chi connectivity index (χ4n) is 1.55. The Morgan fingerprint density at radius 1 is 1.47 bits per heavy atom. The monoisotopic (exact) mass is 228 g/mol. The summed E-state index contributed by atoms with van der Waals surface area (Å²) in [7, 11) is 0. The number of halogens is 1. The van der Waals surface area contributed by atoms with Crippen LogP contribution in [0.25, 0.3) is 0 Å². The Labute approximate surface area is 91.9 Å². The van der Waals surface area contributed by atoms with E-state index in [2.05, 4.69) is 5.32 Å². The Balaban J connectivity index is 2.10. The van der Waals surface area contributed by atoms with Gasteiger partial charge in [0.15, 0.2) is 0 Å². The van der Waals surface area contributed by atoms with Gasteiger partial charge in [-0.3, -0.25) is 0 Å². The zero-order chi connectivity index (χ0) is 10.8. The third-order valence-corrected chi connectivity index (χ3v) is 3.79. The molecule has 15 heavy (non-hydrogen) atoms. The van der Waals surface area contributed by atoms with Gasteiger partial charge < -0.3 is 16.2 Å². The molecule has 1 aromatic carbocycles. The molecule has 1 fully saturated rings. The minimum absolute atomic E-state index is 0.0951. The molecule has 82 valence electrons. The molecule has 0 aliphatic carbocycles. The number of nitrogens with one attached hydrogen (secondary N) is 1. The highest BCUT2D eigenvalue weighted by Crippen LogP contribution is 2.31. The zero-order valence-electron chi connectivity index (χ0n) is 8.11. The van der Waals surface area contributed by atoms with Crippen molar-refractivity contribution in [1.82, 2.24) is 5.32 Å². The van der Waals surface area contributed by atoms with Gasteiger partial charge in [0.2, 0.25) is 0 Å². The van der Waals surface area contributed by atoms with Gasteiger partial charge in [-0.15, -0.1) is 11.8 Å². The minimum Gasteiger partial charge on any atom is -0.398 e. The van der Waals surface area contributed by atoms with Crippen LogP contribution in [-0.4, -0.2) is 29.5 Å². The largest absolute Gasteiger partial charge is 0.398 e. The molecule has 0 aromatic heterocycles. The molecular weight excluding hydrogens is 215 g/mol. The van der Waals surface area contributed by atoms with E-state index >= 15 is 0 Å². The summed E-state index contributed by atoms with van der Waals surface area (Å²) in [6.07, 6.45) is -0.362. The summed E-state index contributed by atoms with van der Waals surface area (Å²) in [6, 6.07) is 4.34. The van der Waals surface area contributed by atoms with Crippen LogP contribution in [0.15, 0.2) is 23.1 Å². The van der Waals surface area contributed by atoms with Crippen molar-refractivity contribution in [2.75, 3.05) is 18.8 Å². The maximum Gasteiger partial charge on any atom is 0.125 e. The van der Waals surface area contributed by atoms with Gasteiger partial charge in [0.25, 0.3) is 0 Å².